The zero-order chi connectivity index (χ0) is 12.6. The summed E-state index contributed by atoms with van der Waals surface area (Å²) < 4.78 is 0. The van der Waals surface area contributed by atoms with Crippen molar-refractivity contribution in [3.05, 3.63) is 52.5 Å². The minimum atomic E-state index is 0.561. The van der Waals surface area contributed by atoms with Gasteiger partial charge in [-0.15, -0.1) is 11.3 Å². The summed E-state index contributed by atoms with van der Waals surface area (Å²) in [7, 11) is 0. The summed E-state index contributed by atoms with van der Waals surface area (Å²) in [5.74, 6) is 0. The molecule has 1 atom stereocenters. The van der Waals surface area contributed by atoms with Crippen LogP contribution in [0.2, 0.25) is 0 Å². The molecule has 2 rings (SSSR count). The van der Waals surface area contributed by atoms with Gasteiger partial charge in [0.25, 0.3) is 0 Å². The molecule has 1 N–H and O–H groups in total. The van der Waals surface area contributed by atoms with Crippen molar-refractivity contribution in [1.82, 2.24) is 10.3 Å². The lowest BCUT2D eigenvalue weighted by atomic mass is 10.0. The molecule has 0 aliphatic rings. The monoisotopic (exact) mass is 260 g/mol. The highest BCUT2D eigenvalue weighted by molar-refractivity contribution is 7.07. The Kier molecular flexibility index (Phi) is 5.36. The highest BCUT2D eigenvalue weighted by Gasteiger charge is 2.06. The molecule has 2 nitrogen and oxygen atoms in total. The van der Waals surface area contributed by atoms with E-state index in [9.17, 15) is 0 Å². The summed E-state index contributed by atoms with van der Waals surface area (Å²) in [4.78, 5) is 4.30. The lowest BCUT2D eigenvalue weighted by Crippen LogP contribution is -2.32. The minimum absolute atomic E-state index is 0.561. The first-order valence-corrected chi connectivity index (χ1v) is 7.47. The molecule has 2 aromatic rings. The Morgan fingerprint density at radius 1 is 1.28 bits per heavy atom. The first kappa shape index (κ1) is 13.2. The molecule has 18 heavy (non-hydrogen) atoms. The Labute approximate surface area is 113 Å². The zero-order valence-corrected chi connectivity index (χ0v) is 11.6. The molecule has 0 spiro atoms. The van der Waals surface area contributed by atoms with Crippen molar-refractivity contribution < 1.29 is 0 Å². The largest absolute Gasteiger partial charge is 0.313 e. The van der Waals surface area contributed by atoms with Crippen LogP contribution in [0.25, 0.3) is 0 Å². The molecule has 1 aromatic carbocycles. The van der Waals surface area contributed by atoms with Gasteiger partial charge in [-0.25, -0.2) is 4.98 Å². The molecular formula is C15H20N2S. The minimum Gasteiger partial charge on any atom is -0.313 e. The summed E-state index contributed by atoms with van der Waals surface area (Å²) in [5, 5.41) is 5.75. The second-order valence-corrected chi connectivity index (χ2v) is 5.20. The molecule has 0 fully saturated rings. The number of thiazole rings is 1. The smallest absolute Gasteiger partial charge is 0.0794 e. The molecule has 0 aliphatic carbocycles. The topological polar surface area (TPSA) is 24.9 Å². The number of rotatable bonds is 7. The van der Waals surface area contributed by atoms with Crippen LogP contribution in [0.15, 0.2) is 41.2 Å². The van der Waals surface area contributed by atoms with Gasteiger partial charge in [-0.05, 0) is 18.4 Å². The molecule has 0 radical (unpaired) electrons. The van der Waals surface area contributed by atoms with Gasteiger partial charge in [-0.1, -0.05) is 37.3 Å². The van der Waals surface area contributed by atoms with Crippen LogP contribution >= 0.6 is 11.3 Å². The van der Waals surface area contributed by atoms with Crippen molar-refractivity contribution in [2.45, 2.75) is 32.2 Å². The molecule has 0 saturated carbocycles. The molecule has 96 valence electrons. The second-order valence-electron chi connectivity index (χ2n) is 4.48. The van der Waals surface area contributed by atoms with Gasteiger partial charge < -0.3 is 5.32 Å². The van der Waals surface area contributed by atoms with E-state index in [2.05, 4.69) is 52.9 Å². The first-order chi connectivity index (χ1) is 8.88. The third-order valence-electron chi connectivity index (χ3n) is 3.12. The lowest BCUT2D eigenvalue weighted by Gasteiger charge is -2.16. The maximum absolute atomic E-state index is 4.30. The molecular weight excluding hydrogens is 240 g/mol. The van der Waals surface area contributed by atoms with E-state index in [0.29, 0.717) is 6.04 Å². The maximum Gasteiger partial charge on any atom is 0.0794 e. The number of nitrogens with one attached hydrogen (secondary N) is 1. The average Bonchev–Trinajstić information content (AvgIpc) is 2.92. The van der Waals surface area contributed by atoms with Gasteiger partial charge in [0.1, 0.15) is 0 Å². The van der Waals surface area contributed by atoms with Crippen molar-refractivity contribution in [3.63, 3.8) is 0 Å². The van der Waals surface area contributed by atoms with E-state index in [4.69, 9.17) is 0 Å². The summed E-state index contributed by atoms with van der Waals surface area (Å²) in [6.07, 6.45) is 3.29. The fraction of sp³-hybridized carbons (Fsp3) is 0.400. The van der Waals surface area contributed by atoms with Gasteiger partial charge in [0.2, 0.25) is 0 Å². The van der Waals surface area contributed by atoms with E-state index in [1.165, 1.54) is 11.3 Å². The van der Waals surface area contributed by atoms with Gasteiger partial charge >= 0.3 is 0 Å². The second kappa shape index (κ2) is 7.29. The van der Waals surface area contributed by atoms with Crippen molar-refractivity contribution in [1.29, 1.82) is 0 Å². The van der Waals surface area contributed by atoms with Crippen LogP contribution in [0.5, 0.6) is 0 Å². The van der Waals surface area contributed by atoms with Gasteiger partial charge in [0, 0.05) is 24.4 Å². The van der Waals surface area contributed by atoms with Gasteiger partial charge in [0.15, 0.2) is 0 Å². The van der Waals surface area contributed by atoms with E-state index in [1.807, 2.05) is 5.51 Å². The Balaban J connectivity index is 1.75. The SMILES string of the molecule is CCC(Cc1ccccc1)NCCc1cscn1. The van der Waals surface area contributed by atoms with E-state index in [0.717, 1.165) is 25.8 Å². The third kappa shape index (κ3) is 4.24. The van der Waals surface area contributed by atoms with Gasteiger partial charge in [-0.2, -0.15) is 0 Å². The first-order valence-electron chi connectivity index (χ1n) is 6.53. The number of nitrogens with zero attached hydrogens (tertiary/aromatic N) is 1. The summed E-state index contributed by atoms with van der Waals surface area (Å²) in [5.41, 5.74) is 4.50. The zero-order valence-electron chi connectivity index (χ0n) is 10.8. The number of aromatic nitrogens is 1. The molecule has 0 bridgehead atoms. The van der Waals surface area contributed by atoms with Crippen LogP contribution in [0.1, 0.15) is 24.6 Å². The Bertz CT molecular complexity index is 425. The van der Waals surface area contributed by atoms with Crippen molar-refractivity contribution in [2.24, 2.45) is 0 Å². The van der Waals surface area contributed by atoms with Crippen LogP contribution in [0, 0.1) is 0 Å². The standard InChI is InChI=1S/C15H20N2S/c1-2-14(10-13-6-4-3-5-7-13)16-9-8-15-11-18-12-17-15/h3-7,11-12,14,16H,2,8-10H2,1H3. The van der Waals surface area contributed by atoms with E-state index in [-0.39, 0.29) is 0 Å². The molecule has 3 heteroatoms. The number of benzene rings is 1. The number of hydrogen-bond donors (Lipinski definition) is 1. The van der Waals surface area contributed by atoms with Crippen LogP contribution in [0.3, 0.4) is 0 Å². The number of hydrogen-bond acceptors (Lipinski definition) is 3. The fourth-order valence-corrected chi connectivity index (χ4v) is 2.62. The van der Waals surface area contributed by atoms with E-state index in [1.54, 1.807) is 11.3 Å². The van der Waals surface area contributed by atoms with Gasteiger partial charge in [0.05, 0.1) is 11.2 Å². The van der Waals surface area contributed by atoms with Crippen LogP contribution in [-0.2, 0) is 12.8 Å². The summed E-state index contributed by atoms with van der Waals surface area (Å²) in [6, 6.07) is 11.2. The van der Waals surface area contributed by atoms with Crippen LogP contribution < -0.4 is 5.32 Å². The predicted molar refractivity (Wildman–Crippen MR) is 78.0 cm³/mol. The third-order valence-corrected chi connectivity index (χ3v) is 3.75. The van der Waals surface area contributed by atoms with Gasteiger partial charge in [-0.3, -0.25) is 0 Å². The molecule has 0 amide bonds. The quantitative estimate of drug-likeness (QED) is 0.826. The van der Waals surface area contributed by atoms with Crippen molar-refractivity contribution >= 4 is 11.3 Å². The highest BCUT2D eigenvalue weighted by atomic mass is 32.1. The molecule has 1 heterocycles. The average molecular weight is 260 g/mol. The summed E-state index contributed by atoms with van der Waals surface area (Å²) >= 11 is 1.67. The van der Waals surface area contributed by atoms with E-state index >= 15 is 0 Å². The maximum atomic E-state index is 4.30. The normalized spacial score (nSPS) is 12.5. The Hall–Kier alpha value is -1.19. The van der Waals surface area contributed by atoms with E-state index < -0.39 is 0 Å². The van der Waals surface area contributed by atoms with Crippen LogP contribution in [0.4, 0.5) is 0 Å². The summed E-state index contributed by atoms with van der Waals surface area (Å²) in [6.45, 7) is 3.25. The molecule has 1 unspecified atom stereocenters. The molecule has 1 aromatic heterocycles. The Morgan fingerprint density at radius 2 is 2.11 bits per heavy atom. The van der Waals surface area contributed by atoms with Crippen molar-refractivity contribution in [2.75, 3.05) is 6.54 Å². The predicted octanol–water partition coefficient (Wildman–Crippen LogP) is 3.30. The fourth-order valence-electron chi connectivity index (χ4n) is 2.02. The van der Waals surface area contributed by atoms with Crippen molar-refractivity contribution in [3.8, 4) is 0 Å². The van der Waals surface area contributed by atoms with Crippen LogP contribution in [-0.4, -0.2) is 17.6 Å². The lowest BCUT2D eigenvalue weighted by molar-refractivity contribution is 0.497. The molecule has 0 saturated heterocycles. The molecule has 0 aliphatic heterocycles. The highest BCUT2D eigenvalue weighted by Crippen LogP contribution is 2.06. The Morgan fingerprint density at radius 3 is 2.78 bits per heavy atom.